The number of nitrogens with zero attached hydrogens (tertiary/aromatic N) is 2. The van der Waals surface area contributed by atoms with Crippen LogP contribution in [0.15, 0.2) is 39.7 Å². The highest BCUT2D eigenvalue weighted by Gasteiger charge is 2.57. The van der Waals surface area contributed by atoms with E-state index in [0.29, 0.717) is 0 Å². The fraction of sp³-hybridized carbons (Fsp3) is 0.312. The van der Waals surface area contributed by atoms with E-state index >= 15 is 0 Å². The van der Waals surface area contributed by atoms with Gasteiger partial charge in [0.1, 0.15) is 24.2 Å². The van der Waals surface area contributed by atoms with Crippen LogP contribution in [-0.2, 0) is 24.0 Å². The lowest BCUT2D eigenvalue weighted by molar-refractivity contribution is -0.150. The van der Waals surface area contributed by atoms with Gasteiger partial charge in [-0.05, 0) is 19.1 Å². The Bertz CT molecular complexity index is 927. The van der Waals surface area contributed by atoms with Crippen molar-refractivity contribution in [2.24, 2.45) is 10.9 Å². The summed E-state index contributed by atoms with van der Waals surface area (Å²) in [7, 11) is 1.24. The van der Waals surface area contributed by atoms with Gasteiger partial charge in [-0.15, -0.1) is 0 Å². The number of oxime groups is 1. The van der Waals surface area contributed by atoms with E-state index in [1.165, 1.54) is 32.4 Å². The third-order valence-electron chi connectivity index (χ3n) is 4.02. The van der Waals surface area contributed by atoms with E-state index in [1.54, 1.807) is 0 Å². The van der Waals surface area contributed by atoms with Crippen molar-refractivity contribution < 1.29 is 38.3 Å². The number of nitrogens with one attached hydrogen (secondary N) is 1. The number of carboxylic acids is 1. The molecule has 0 aliphatic carbocycles. The van der Waals surface area contributed by atoms with Gasteiger partial charge in [0.25, 0.3) is 11.8 Å². The van der Waals surface area contributed by atoms with E-state index in [-0.39, 0.29) is 17.2 Å². The summed E-state index contributed by atoms with van der Waals surface area (Å²) in [5, 5.41) is 14.6. The number of rotatable bonds is 6. The van der Waals surface area contributed by atoms with E-state index in [9.17, 15) is 24.3 Å². The molecule has 3 atom stereocenters. The van der Waals surface area contributed by atoms with Crippen molar-refractivity contribution in [3.05, 3.63) is 35.9 Å². The number of thioether (sulfide) groups is 1. The van der Waals surface area contributed by atoms with Gasteiger partial charge in [-0.25, -0.2) is 9.59 Å². The second-order valence-electron chi connectivity index (χ2n) is 6.04. The molecule has 0 spiro atoms. The lowest BCUT2D eigenvalue weighted by Gasteiger charge is -2.51. The highest BCUT2D eigenvalue weighted by atomic mass is 32.2. The summed E-state index contributed by atoms with van der Waals surface area (Å²) in [5.41, 5.74) is 4.46. The standard InChI is InChI=1S/C16H16N4O8S/c1-16(28-15(17)25)6-7(14(23)24)20-12(22)10(13(20)29-16)18-11(21)9(19-26-2)8-4-3-5-27-8/h3-6,10,13H,1-2H3,(H2,17,25)(H,18,21)(H,23,24)/b19-9-/t10?,13-,16?/m1/s1. The van der Waals surface area contributed by atoms with Crippen molar-refractivity contribution >= 4 is 41.4 Å². The predicted molar refractivity (Wildman–Crippen MR) is 97.2 cm³/mol. The van der Waals surface area contributed by atoms with Gasteiger partial charge < -0.3 is 30.1 Å². The number of aliphatic carboxylic acids is 1. The van der Waals surface area contributed by atoms with Gasteiger partial charge in [0, 0.05) is 6.08 Å². The Balaban J connectivity index is 1.84. The Labute approximate surface area is 167 Å². The van der Waals surface area contributed by atoms with Crippen LogP contribution < -0.4 is 11.1 Å². The third-order valence-corrected chi connectivity index (χ3v) is 5.41. The number of carbonyl (C=O) groups excluding carboxylic acids is 3. The van der Waals surface area contributed by atoms with E-state index < -0.39 is 40.2 Å². The minimum Gasteiger partial charge on any atom is -0.477 e. The molecule has 13 heteroatoms. The average Bonchev–Trinajstić information content (AvgIpc) is 3.16. The van der Waals surface area contributed by atoms with Crippen LogP contribution in [0.5, 0.6) is 0 Å². The van der Waals surface area contributed by atoms with Gasteiger partial charge in [0.05, 0.1) is 6.26 Å². The first-order valence-corrected chi connectivity index (χ1v) is 8.96. The lowest BCUT2D eigenvalue weighted by Crippen LogP contribution is -2.72. The molecule has 0 saturated carbocycles. The van der Waals surface area contributed by atoms with Gasteiger partial charge in [0.2, 0.25) is 5.71 Å². The van der Waals surface area contributed by atoms with Crippen molar-refractivity contribution in [2.45, 2.75) is 23.3 Å². The maximum absolute atomic E-state index is 12.6. The largest absolute Gasteiger partial charge is 0.477 e. The van der Waals surface area contributed by atoms with Crippen LogP contribution in [0.4, 0.5) is 4.79 Å². The Morgan fingerprint density at radius 2 is 2.17 bits per heavy atom. The molecule has 1 aromatic heterocycles. The Morgan fingerprint density at radius 1 is 1.45 bits per heavy atom. The molecule has 0 radical (unpaired) electrons. The van der Waals surface area contributed by atoms with Crippen LogP contribution >= 0.6 is 11.8 Å². The van der Waals surface area contributed by atoms with Crippen LogP contribution in [-0.4, -0.2) is 63.1 Å². The Kier molecular flexibility index (Phi) is 5.24. The maximum Gasteiger partial charge on any atom is 0.406 e. The van der Waals surface area contributed by atoms with Gasteiger partial charge in [-0.1, -0.05) is 16.9 Å². The lowest BCUT2D eigenvalue weighted by atomic mass is 10.0. The molecule has 12 nitrogen and oxygen atoms in total. The monoisotopic (exact) mass is 424 g/mol. The predicted octanol–water partition coefficient (Wildman–Crippen LogP) is -0.190. The smallest absolute Gasteiger partial charge is 0.406 e. The highest BCUT2D eigenvalue weighted by Crippen LogP contribution is 2.46. The van der Waals surface area contributed by atoms with Crippen molar-refractivity contribution in [2.75, 3.05) is 7.11 Å². The number of nitrogens with two attached hydrogens (primary N) is 1. The summed E-state index contributed by atoms with van der Waals surface area (Å²) in [6.07, 6.45) is 1.32. The molecule has 154 valence electrons. The van der Waals surface area contributed by atoms with E-state index in [1.807, 2.05) is 0 Å². The number of ether oxygens (including phenoxy) is 1. The highest BCUT2D eigenvalue weighted by molar-refractivity contribution is 8.01. The number of primary amides is 1. The second kappa shape index (κ2) is 7.50. The second-order valence-corrected chi connectivity index (χ2v) is 7.57. The van der Waals surface area contributed by atoms with Crippen LogP contribution in [0.25, 0.3) is 0 Å². The number of hydrogen-bond donors (Lipinski definition) is 3. The molecule has 1 aromatic rings. The molecule has 3 amide bonds. The van der Waals surface area contributed by atoms with Crippen LogP contribution in [0.3, 0.4) is 0 Å². The fourth-order valence-corrected chi connectivity index (χ4v) is 4.33. The summed E-state index contributed by atoms with van der Waals surface area (Å²) < 4.78 is 10.1. The van der Waals surface area contributed by atoms with Crippen molar-refractivity contribution in [3.63, 3.8) is 0 Å². The van der Waals surface area contributed by atoms with Gasteiger partial charge >= 0.3 is 12.1 Å². The Hall–Kier alpha value is -3.48. The van der Waals surface area contributed by atoms with Gasteiger partial charge in [-0.3, -0.25) is 14.5 Å². The zero-order chi connectivity index (χ0) is 21.3. The molecule has 0 bridgehead atoms. The molecule has 2 aliphatic rings. The first-order chi connectivity index (χ1) is 13.7. The average molecular weight is 424 g/mol. The fourth-order valence-electron chi connectivity index (χ4n) is 2.90. The van der Waals surface area contributed by atoms with E-state index in [4.69, 9.17) is 14.9 Å². The quantitative estimate of drug-likeness (QED) is 0.318. The summed E-state index contributed by atoms with van der Waals surface area (Å²) in [5.74, 6) is -2.71. The molecule has 3 rings (SSSR count). The molecule has 4 N–H and O–H groups in total. The summed E-state index contributed by atoms with van der Waals surface area (Å²) in [6, 6.07) is 1.91. The number of β-lactam (4-membered cyclic amide) rings is 1. The molecule has 2 unspecified atom stereocenters. The molecule has 29 heavy (non-hydrogen) atoms. The summed E-state index contributed by atoms with van der Waals surface area (Å²) in [4.78, 5) is 52.1. The molecule has 1 saturated heterocycles. The molecule has 2 aliphatic heterocycles. The zero-order valence-electron chi connectivity index (χ0n) is 15.1. The number of amides is 3. The minimum absolute atomic E-state index is 0.109. The van der Waals surface area contributed by atoms with E-state index in [2.05, 4.69) is 15.3 Å². The van der Waals surface area contributed by atoms with Gasteiger partial charge in [0.15, 0.2) is 10.7 Å². The van der Waals surface area contributed by atoms with E-state index in [0.717, 1.165) is 22.7 Å². The van der Waals surface area contributed by atoms with Crippen molar-refractivity contribution in [3.8, 4) is 0 Å². The van der Waals surface area contributed by atoms with Crippen molar-refractivity contribution in [1.82, 2.24) is 10.2 Å². The van der Waals surface area contributed by atoms with Crippen LogP contribution in [0.1, 0.15) is 12.7 Å². The normalized spacial score (nSPS) is 26.0. The first kappa shape index (κ1) is 20.3. The van der Waals surface area contributed by atoms with Crippen molar-refractivity contribution in [1.29, 1.82) is 0 Å². The molecular formula is C16H16N4O8S. The molecule has 3 heterocycles. The summed E-state index contributed by atoms with van der Waals surface area (Å²) >= 11 is 0.942. The zero-order valence-corrected chi connectivity index (χ0v) is 16.0. The number of furan rings is 1. The van der Waals surface area contributed by atoms with Crippen LogP contribution in [0, 0.1) is 0 Å². The van der Waals surface area contributed by atoms with Crippen LogP contribution in [0.2, 0.25) is 0 Å². The molecule has 1 fully saturated rings. The Morgan fingerprint density at radius 3 is 2.72 bits per heavy atom. The molecule has 0 aromatic carbocycles. The first-order valence-electron chi connectivity index (χ1n) is 8.08. The number of carbonyl (C=O) groups is 4. The van der Waals surface area contributed by atoms with Gasteiger partial charge in [-0.2, -0.15) is 0 Å². The third kappa shape index (κ3) is 3.76. The SMILES string of the molecule is CO/N=C(\C(=O)NC1C(=O)N2C(C(=O)O)=CC(C)(OC(N)=O)S[C@H]12)c1ccco1. The maximum atomic E-state index is 12.6. The minimum atomic E-state index is -1.45. The number of fused-ring (bicyclic) bond motifs is 1. The topological polar surface area (TPSA) is 174 Å². The molecular weight excluding hydrogens is 408 g/mol. The number of carboxylic acid groups (broad SMARTS) is 1. The summed E-state index contributed by atoms with van der Waals surface area (Å²) in [6.45, 7) is 1.42. The number of hydrogen-bond acceptors (Lipinski definition) is 9.